The molecule has 1 aromatic rings. The monoisotopic (exact) mass is 233 g/mol. The first-order valence-electron chi connectivity index (χ1n) is 6.18. The molecule has 0 unspecified atom stereocenters. The number of piperidine rings is 1. The van der Waals surface area contributed by atoms with Crippen LogP contribution >= 0.6 is 0 Å². The van der Waals surface area contributed by atoms with Gasteiger partial charge in [-0.1, -0.05) is 12.5 Å². The fraction of sp³-hybridized carbons (Fsp3) is 0.538. The van der Waals surface area contributed by atoms with Crippen LogP contribution in [0, 0.1) is 6.92 Å². The van der Waals surface area contributed by atoms with Gasteiger partial charge in [-0.2, -0.15) is 0 Å². The highest BCUT2D eigenvalue weighted by atomic mass is 16.2. The van der Waals surface area contributed by atoms with E-state index in [-0.39, 0.29) is 11.9 Å². The largest absolute Gasteiger partial charge is 0.351 e. The number of rotatable bonds is 3. The summed E-state index contributed by atoms with van der Waals surface area (Å²) in [4.78, 5) is 16.0. The first-order valence-corrected chi connectivity index (χ1v) is 6.18. The standard InChI is InChI=1S/C13H19N3O/c1-10-5-6-11(8-15-10)9-16-13(17)12-4-2-3-7-14-12/h5-6,8,12,14H,2-4,7,9H2,1H3,(H,16,17)/t12-/m1/s1. The summed E-state index contributed by atoms with van der Waals surface area (Å²) in [7, 11) is 0. The maximum absolute atomic E-state index is 11.8. The van der Waals surface area contributed by atoms with Crippen molar-refractivity contribution < 1.29 is 4.79 Å². The second kappa shape index (κ2) is 5.77. The Kier molecular flexibility index (Phi) is 4.09. The molecule has 1 amide bonds. The van der Waals surface area contributed by atoms with Gasteiger partial charge >= 0.3 is 0 Å². The third-order valence-electron chi connectivity index (χ3n) is 3.07. The van der Waals surface area contributed by atoms with E-state index >= 15 is 0 Å². The van der Waals surface area contributed by atoms with Crippen molar-refractivity contribution in [2.75, 3.05) is 6.54 Å². The van der Waals surface area contributed by atoms with E-state index in [9.17, 15) is 4.79 Å². The summed E-state index contributed by atoms with van der Waals surface area (Å²) in [5.41, 5.74) is 2.04. The maximum atomic E-state index is 11.8. The summed E-state index contributed by atoms with van der Waals surface area (Å²) in [6.45, 7) is 3.46. The van der Waals surface area contributed by atoms with E-state index in [1.807, 2.05) is 25.3 Å². The van der Waals surface area contributed by atoms with E-state index in [4.69, 9.17) is 0 Å². The quantitative estimate of drug-likeness (QED) is 0.823. The molecule has 1 aromatic heterocycles. The van der Waals surface area contributed by atoms with Crippen LogP contribution < -0.4 is 10.6 Å². The minimum absolute atomic E-state index is 0.0119. The lowest BCUT2D eigenvalue weighted by Gasteiger charge is -2.22. The van der Waals surface area contributed by atoms with Gasteiger partial charge in [0.05, 0.1) is 6.04 Å². The third-order valence-corrected chi connectivity index (χ3v) is 3.07. The second-order valence-corrected chi connectivity index (χ2v) is 4.53. The lowest BCUT2D eigenvalue weighted by Crippen LogP contribution is -2.46. The van der Waals surface area contributed by atoms with Crippen LogP contribution in [0.5, 0.6) is 0 Å². The van der Waals surface area contributed by atoms with Gasteiger partial charge in [0.1, 0.15) is 0 Å². The highest BCUT2D eigenvalue weighted by Crippen LogP contribution is 2.07. The molecule has 1 fully saturated rings. The topological polar surface area (TPSA) is 54.0 Å². The van der Waals surface area contributed by atoms with Crippen molar-refractivity contribution in [1.29, 1.82) is 0 Å². The highest BCUT2D eigenvalue weighted by molar-refractivity contribution is 5.81. The van der Waals surface area contributed by atoms with Crippen LogP contribution in [0.2, 0.25) is 0 Å². The van der Waals surface area contributed by atoms with Crippen LogP contribution in [-0.4, -0.2) is 23.5 Å². The molecule has 0 spiro atoms. The molecular weight excluding hydrogens is 214 g/mol. The number of carbonyl (C=O) groups excluding carboxylic acids is 1. The van der Waals surface area contributed by atoms with Gasteiger partial charge in [-0.25, -0.2) is 0 Å². The number of pyridine rings is 1. The van der Waals surface area contributed by atoms with E-state index in [1.54, 1.807) is 0 Å². The normalized spacial score (nSPS) is 19.9. The Morgan fingerprint density at radius 1 is 1.53 bits per heavy atom. The molecule has 2 N–H and O–H groups in total. The molecular formula is C13H19N3O. The zero-order valence-electron chi connectivity index (χ0n) is 10.2. The second-order valence-electron chi connectivity index (χ2n) is 4.53. The predicted octanol–water partition coefficient (Wildman–Crippen LogP) is 1.15. The highest BCUT2D eigenvalue weighted by Gasteiger charge is 2.19. The van der Waals surface area contributed by atoms with Crippen molar-refractivity contribution in [3.05, 3.63) is 29.6 Å². The lowest BCUT2D eigenvalue weighted by molar-refractivity contribution is -0.123. The van der Waals surface area contributed by atoms with E-state index in [2.05, 4.69) is 15.6 Å². The molecule has 92 valence electrons. The summed E-state index contributed by atoms with van der Waals surface area (Å²) in [6.07, 6.45) is 5.06. The molecule has 1 saturated heterocycles. The fourth-order valence-electron chi connectivity index (χ4n) is 1.99. The third kappa shape index (κ3) is 3.53. The zero-order valence-corrected chi connectivity index (χ0v) is 10.2. The van der Waals surface area contributed by atoms with Gasteiger partial charge in [0, 0.05) is 18.4 Å². The molecule has 1 atom stereocenters. The van der Waals surface area contributed by atoms with Crippen LogP contribution in [0.4, 0.5) is 0 Å². The molecule has 0 radical (unpaired) electrons. The molecule has 4 heteroatoms. The number of carbonyl (C=O) groups is 1. The summed E-state index contributed by atoms with van der Waals surface area (Å²) in [5, 5.41) is 6.18. The SMILES string of the molecule is Cc1ccc(CNC(=O)[C@H]2CCCCN2)cn1. The number of aromatic nitrogens is 1. The Balaban J connectivity index is 1.81. The molecule has 1 aliphatic heterocycles. The van der Waals surface area contributed by atoms with Crippen molar-refractivity contribution in [1.82, 2.24) is 15.6 Å². The molecule has 2 heterocycles. The van der Waals surface area contributed by atoms with Gasteiger partial charge in [0.25, 0.3) is 0 Å². The van der Waals surface area contributed by atoms with Crippen molar-refractivity contribution in [3.63, 3.8) is 0 Å². The molecule has 0 aliphatic carbocycles. The molecule has 2 rings (SSSR count). The van der Waals surface area contributed by atoms with E-state index in [0.717, 1.165) is 30.6 Å². The Morgan fingerprint density at radius 2 is 2.41 bits per heavy atom. The maximum Gasteiger partial charge on any atom is 0.237 e. The van der Waals surface area contributed by atoms with Crippen LogP contribution in [0.3, 0.4) is 0 Å². The van der Waals surface area contributed by atoms with Crippen LogP contribution in [0.15, 0.2) is 18.3 Å². The van der Waals surface area contributed by atoms with Crippen molar-refractivity contribution in [2.24, 2.45) is 0 Å². The van der Waals surface area contributed by atoms with Gasteiger partial charge in [-0.05, 0) is 37.9 Å². The number of hydrogen-bond acceptors (Lipinski definition) is 3. The van der Waals surface area contributed by atoms with Crippen molar-refractivity contribution in [3.8, 4) is 0 Å². The van der Waals surface area contributed by atoms with Gasteiger partial charge in [-0.3, -0.25) is 9.78 Å². The van der Waals surface area contributed by atoms with Crippen LogP contribution in [0.1, 0.15) is 30.5 Å². The first kappa shape index (κ1) is 12.0. The summed E-state index contributed by atoms with van der Waals surface area (Å²) in [5.74, 6) is 0.102. The van der Waals surface area contributed by atoms with E-state index in [1.165, 1.54) is 6.42 Å². The molecule has 0 aromatic carbocycles. The predicted molar refractivity (Wildman–Crippen MR) is 66.5 cm³/mol. The smallest absolute Gasteiger partial charge is 0.237 e. The molecule has 1 aliphatic rings. The van der Waals surface area contributed by atoms with Crippen LogP contribution in [0.25, 0.3) is 0 Å². The van der Waals surface area contributed by atoms with Crippen molar-refractivity contribution >= 4 is 5.91 Å². The average molecular weight is 233 g/mol. The van der Waals surface area contributed by atoms with Gasteiger partial charge in [0.15, 0.2) is 0 Å². The Morgan fingerprint density at radius 3 is 3.06 bits per heavy atom. The van der Waals surface area contributed by atoms with Crippen molar-refractivity contribution in [2.45, 2.75) is 38.8 Å². The number of aryl methyl sites for hydroxylation is 1. The van der Waals surface area contributed by atoms with E-state index in [0.29, 0.717) is 6.54 Å². The summed E-state index contributed by atoms with van der Waals surface area (Å²) < 4.78 is 0. The van der Waals surface area contributed by atoms with Gasteiger partial charge in [0.2, 0.25) is 5.91 Å². The Bertz CT molecular complexity index is 369. The van der Waals surface area contributed by atoms with Crippen LogP contribution in [-0.2, 0) is 11.3 Å². The molecule has 0 saturated carbocycles. The average Bonchev–Trinajstić information content (AvgIpc) is 2.39. The van der Waals surface area contributed by atoms with E-state index < -0.39 is 0 Å². The zero-order chi connectivity index (χ0) is 12.1. The molecule has 0 bridgehead atoms. The Hall–Kier alpha value is -1.42. The molecule has 17 heavy (non-hydrogen) atoms. The summed E-state index contributed by atoms with van der Waals surface area (Å²) >= 11 is 0. The lowest BCUT2D eigenvalue weighted by atomic mass is 10.0. The van der Waals surface area contributed by atoms with Gasteiger partial charge < -0.3 is 10.6 Å². The minimum Gasteiger partial charge on any atom is -0.351 e. The minimum atomic E-state index is -0.0119. The number of nitrogens with zero attached hydrogens (tertiary/aromatic N) is 1. The molecule has 4 nitrogen and oxygen atoms in total. The van der Waals surface area contributed by atoms with Gasteiger partial charge in [-0.15, -0.1) is 0 Å². The fourth-order valence-corrected chi connectivity index (χ4v) is 1.99. The number of hydrogen-bond donors (Lipinski definition) is 2. The summed E-state index contributed by atoms with van der Waals surface area (Å²) in [6, 6.07) is 3.94. The number of amides is 1. The Labute approximate surface area is 102 Å². The number of nitrogens with one attached hydrogen (secondary N) is 2. The first-order chi connectivity index (χ1) is 8.25.